The van der Waals surface area contributed by atoms with E-state index in [-0.39, 0.29) is 24.6 Å². The number of benzene rings is 1. The molecule has 1 saturated heterocycles. The number of aliphatic hydroxyl groups excluding tert-OH is 1. The van der Waals surface area contributed by atoms with Crippen molar-refractivity contribution in [3.8, 4) is 0 Å². The van der Waals surface area contributed by atoms with Gasteiger partial charge >= 0.3 is 0 Å². The van der Waals surface area contributed by atoms with Crippen LogP contribution < -0.4 is 15.5 Å². The first kappa shape index (κ1) is 14.6. The number of carbonyl (C=O) groups is 1. The van der Waals surface area contributed by atoms with E-state index in [4.69, 9.17) is 11.6 Å². The van der Waals surface area contributed by atoms with Crippen LogP contribution in [0.25, 0.3) is 0 Å². The van der Waals surface area contributed by atoms with Gasteiger partial charge in [-0.3, -0.25) is 4.79 Å². The van der Waals surface area contributed by atoms with Gasteiger partial charge in [0, 0.05) is 17.8 Å². The summed E-state index contributed by atoms with van der Waals surface area (Å²) in [5.74, 6) is -0.0573. The lowest BCUT2D eigenvalue weighted by atomic mass is 10.0. The molecule has 0 aromatic heterocycles. The predicted octanol–water partition coefficient (Wildman–Crippen LogP) is 1.90. The maximum Gasteiger partial charge on any atom is 0.246 e. The molecule has 2 unspecified atom stereocenters. The van der Waals surface area contributed by atoms with E-state index in [1.807, 2.05) is 12.1 Å². The standard InChI is InChI=1S/C15H20ClN3O2/c1-17-14-10-6-11(16)13(7-12(10)18-15(14)21)19-5-3-2-4-9(19)8-20/h6-7,9,14,17,20H,2-5,8H2,1H3,(H,18,21). The molecule has 21 heavy (non-hydrogen) atoms. The Labute approximate surface area is 129 Å². The van der Waals surface area contributed by atoms with Crippen LogP contribution in [0.2, 0.25) is 5.02 Å². The molecule has 2 atom stereocenters. The van der Waals surface area contributed by atoms with Crippen LogP contribution in [-0.2, 0) is 4.79 Å². The average Bonchev–Trinajstić information content (AvgIpc) is 2.80. The number of nitrogens with zero attached hydrogens (tertiary/aromatic N) is 1. The van der Waals surface area contributed by atoms with E-state index >= 15 is 0 Å². The fourth-order valence-electron chi connectivity index (χ4n) is 3.28. The zero-order valence-corrected chi connectivity index (χ0v) is 12.8. The van der Waals surface area contributed by atoms with Gasteiger partial charge in [0.05, 0.1) is 23.4 Å². The molecule has 114 valence electrons. The number of hydrogen-bond donors (Lipinski definition) is 3. The molecule has 5 nitrogen and oxygen atoms in total. The van der Waals surface area contributed by atoms with Crippen LogP contribution in [0.5, 0.6) is 0 Å². The molecule has 1 amide bonds. The largest absolute Gasteiger partial charge is 0.394 e. The minimum absolute atomic E-state index is 0.0573. The summed E-state index contributed by atoms with van der Waals surface area (Å²) in [5.41, 5.74) is 2.58. The van der Waals surface area contributed by atoms with Crippen LogP contribution >= 0.6 is 11.6 Å². The van der Waals surface area contributed by atoms with Crippen LogP contribution in [0.4, 0.5) is 11.4 Å². The Morgan fingerprint density at radius 2 is 2.29 bits per heavy atom. The van der Waals surface area contributed by atoms with Gasteiger partial charge in [0.1, 0.15) is 6.04 Å². The second kappa shape index (κ2) is 5.83. The smallest absolute Gasteiger partial charge is 0.246 e. The summed E-state index contributed by atoms with van der Waals surface area (Å²) >= 11 is 6.44. The van der Waals surface area contributed by atoms with Crippen molar-refractivity contribution < 1.29 is 9.90 Å². The number of piperidine rings is 1. The summed E-state index contributed by atoms with van der Waals surface area (Å²) in [7, 11) is 1.76. The molecule has 2 heterocycles. The van der Waals surface area contributed by atoms with E-state index in [2.05, 4.69) is 15.5 Å². The lowest BCUT2D eigenvalue weighted by Gasteiger charge is -2.37. The Kier molecular flexibility index (Phi) is 4.06. The lowest BCUT2D eigenvalue weighted by Crippen LogP contribution is -2.42. The first-order valence-corrected chi connectivity index (χ1v) is 7.72. The van der Waals surface area contributed by atoms with E-state index in [0.29, 0.717) is 5.02 Å². The van der Waals surface area contributed by atoms with Crippen LogP contribution in [0.3, 0.4) is 0 Å². The second-order valence-corrected chi connectivity index (χ2v) is 6.03. The molecular weight excluding hydrogens is 290 g/mol. The molecule has 6 heteroatoms. The summed E-state index contributed by atoms with van der Waals surface area (Å²) in [6.07, 6.45) is 3.19. The molecule has 2 aliphatic heterocycles. The van der Waals surface area contributed by atoms with Crippen molar-refractivity contribution in [2.45, 2.75) is 31.3 Å². The van der Waals surface area contributed by atoms with Crippen molar-refractivity contribution in [3.05, 3.63) is 22.7 Å². The molecular formula is C15H20ClN3O2. The van der Waals surface area contributed by atoms with Gasteiger partial charge in [0.15, 0.2) is 0 Å². The quantitative estimate of drug-likeness (QED) is 0.798. The Hall–Kier alpha value is -1.30. The van der Waals surface area contributed by atoms with Gasteiger partial charge in [-0.2, -0.15) is 0 Å². The number of hydrogen-bond acceptors (Lipinski definition) is 4. The van der Waals surface area contributed by atoms with Gasteiger partial charge in [-0.05, 0) is 38.4 Å². The Bertz CT molecular complexity index is 564. The number of rotatable bonds is 3. The third kappa shape index (κ3) is 2.50. The van der Waals surface area contributed by atoms with Crippen molar-refractivity contribution in [1.82, 2.24) is 5.32 Å². The van der Waals surface area contributed by atoms with Crippen molar-refractivity contribution in [1.29, 1.82) is 0 Å². The number of likely N-dealkylation sites (N-methyl/N-ethyl adjacent to an activating group) is 1. The molecule has 2 aliphatic rings. The van der Waals surface area contributed by atoms with Crippen molar-refractivity contribution >= 4 is 28.9 Å². The van der Waals surface area contributed by atoms with Gasteiger partial charge in [-0.15, -0.1) is 0 Å². The topological polar surface area (TPSA) is 64.6 Å². The fourth-order valence-corrected chi connectivity index (χ4v) is 3.57. The molecule has 0 bridgehead atoms. The summed E-state index contributed by atoms with van der Waals surface area (Å²) in [5, 5.41) is 16.1. The van der Waals surface area contributed by atoms with E-state index in [0.717, 1.165) is 42.7 Å². The molecule has 0 saturated carbocycles. The average molecular weight is 310 g/mol. The third-order valence-electron chi connectivity index (χ3n) is 4.39. The van der Waals surface area contributed by atoms with Crippen molar-refractivity contribution in [2.24, 2.45) is 0 Å². The van der Waals surface area contributed by atoms with Gasteiger partial charge in [0.2, 0.25) is 5.91 Å². The molecule has 1 aromatic rings. The van der Waals surface area contributed by atoms with Gasteiger partial charge in [-0.1, -0.05) is 11.6 Å². The van der Waals surface area contributed by atoms with Gasteiger partial charge in [-0.25, -0.2) is 0 Å². The summed E-state index contributed by atoms with van der Waals surface area (Å²) in [6.45, 7) is 1.01. The molecule has 3 rings (SSSR count). The van der Waals surface area contributed by atoms with Gasteiger partial charge < -0.3 is 20.6 Å². The van der Waals surface area contributed by atoms with Crippen molar-refractivity contribution in [3.63, 3.8) is 0 Å². The number of carbonyl (C=O) groups excluding carboxylic acids is 1. The molecule has 0 radical (unpaired) electrons. The number of fused-ring (bicyclic) bond motifs is 1. The Balaban J connectivity index is 1.98. The third-order valence-corrected chi connectivity index (χ3v) is 4.69. The van der Waals surface area contributed by atoms with Crippen LogP contribution in [0.15, 0.2) is 12.1 Å². The maximum absolute atomic E-state index is 11.9. The maximum atomic E-state index is 11.9. The SMILES string of the molecule is CNC1C(=O)Nc2cc(N3CCCCC3CO)c(Cl)cc21. The minimum atomic E-state index is -0.346. The highest BCUT2D eigenvalue weighted by Gasteiger charge is 2.32. The second-order valence-electron chi connectivity index (χ2n) is 5.63. The molecule has 0 spiro atoms. The van der Waals surface area contributed by atoms with Crippen molar-refractivity contribution in [2.75, 3.05) is 30.4 Å². The highest BCUT2D eigenvalue weighted by molar-refractivity contribution is 6.33. The summed E-state index contributed by atoms with van der Waals surface area (Å²) in [6, 6.07) is 3.54. The highest BCUT2D eigenvalue weighted by Crippen LogP contribution is 2.40. The fraction of sp³-hybridized carbons (Fsp3) is 0.533. The van der Waals surface area contributed by atoms with E-state index in [1.54, 1.807) is 7.05 Å². The van der Waals surface area contributed by atoms with Crippen LogP contribution in [0, 0.1) is 0 Å². The summed E-state index contributed by atoms with van der Waals surface area (Å²) in [4.78, 5) is 14.1. The Morgan fingerprint density at radius 3 is 3.00 bits per heavy atom. The first-order chi connectivity index (χ1) is 10.2. The van der Waals surface area contributed by atoms with E-state index in [9.17, 15) is 9.90 Å². The van der Waals surface area contributed by atoms with Gasteiger partial charge in [0.25, 0.3) is 0 Å². The molecule has 0 aliphatic carbocycles. The first-order valence-electron chi connectivity index (χ1n) is 7.34. The minimum Gasteiger partial charge on any atom is -0.394 e. The summed E-state index contributed by atoms with van der Waals surface area (Å²) < 4.78 is 0. The molecule has 1 fully saturated rings. The highest BCUT2D eigenvalue weighted by atomic mass is 35.5. The molecule has 3 N–H and O–H groups in total. The van der Waals surface area contributed by atoms with E-state index < -0.39 is 0 Å². The van der Waals surface area contributed by atoms with Crippen LogP contribution in [0.1, 0.15) is 30.9 Å². The normalized spacial score (nSPS) is 24.9. The Morgan fingerprint density at radius 1 is 1.48 bits per heavy atom. The number of anilines is 2. The number of halogens is 1. The zero-order valence-electron chi connectivity index (χ0n) is 12.0. The number of aliphatic hydroxyl groups is 1. The number of nitrogens with one attached hydrogen (secondary N) is 2. The predicted molar refractivity (Wildman–Crippen MR) is 84.0 cm³/mol. The van der Waals surface area contributed by atoms with E-state index in [1.165, 1.54) is 0 Å². The zero-order chi connectivity index (χ0) is 15.0. The molecule has 1 aromatic carbocycles. The number of amides is 1. The monoisotopic (exact) mass is 309 g/mol. The van der Waals surface area contributed by atoms with Crippen LogP contribution in [-0.4, -0.2) is 37.3 Å². The lowest BCUT2D eigenvalue weighted by molar-refractivity contribution is -0.117.